The predicted octanol–water partition coefficient (Wildman–Crippen LogP) is 3.04. The Bertz CT molecular complexity index is 274. The molecular weight excluding hydrogens is 236 g/mol. The number of hydrogen-bond acceptors (Lipinski definition) is 2. The lowest BCUT2D eigenvalue weighted by molar-refractivity contribution is -0.135. The van der Waals surface area contributed by atoms with E-state index in [-0.39, 0.29) is 0 Å². The molecular formula is C16H30N2O. The van der Waals surface area contributed by atoms with Crippen LogP contribution in [-0.2, 0) is 4.79 Å². The van der Waals surface area contributed by atoms with Crippen molar-refractivity contribution in [1.82, 2.24) is 9.80 Å². The second-order valence-electron chi connectivity index (χ2n) is 6.18. The van der Waals surface area contributed by atoms with Gasteiger partial charge in [0, 0.05) is 25.6 Å². The molecule has 2 rings (SSSR count). The Balaban J connectivity index is 1.79. The fourth-order valence-corrected chi connectivity index (χ4v) is 3.44. The quantitative estimate of drug-likeness (QED) is 0.738. The summed E-state index contributed by atoms with van der Waals surface area (Å²) in [5.74, 6) is 0.410. The molecule has 0 radical (unpaired) electrons. The Labute approximate surface area is 118 Å². The van der Waals surface area contributed by atoms with E-state index >= 15 is 0 Å². The molecule has 2 heterocycles. The molecule has 3 nitrogen and oxygen atoms in total. The van der Waals surface area contributed by atoms with Gasteiger partial charge in [-0.25, -0.2) is 0 Å². The smallest absolute Gasteiger partial charge is 0.222 e. The Hall–Kier alpha value is -0.570. The topological polar surface area (TPSA) is 23.6 Å². The summed E-state index contributed by atoms with van der Waals surface area (Å²) in [5.41, 5.74) is 0. The van der Waals surface area contributed by atoms with Gasteiger partial charge in [-0.15, -0.1) is 0 Å². The molecule has 0 N–H and O–H groups in total. The van der Waals surface area contributed by atoms with Gasteiger partial charge in [-0.05, 0) is 58.0 Å². The largest absolute Gasteiger partial charge is 0.340 e. The molecule has 0 bridgehead atoms. The van der Waals surface area contributed by atoms with Crippen LogP contribution in [0.2, 0.25) is 0 Å². The van der Waals surface area contributed by atoms with E-state index in [1.54, 1.807) is 0 Å². The van der Waals surface area contributed by atoms with Gasteiger partial charge in [0.25, 0.3) is 0 Å². The van der Waals surface area contributed by atoms with Gasteiger partial charge in [-0.1, -0.05) is 13.3 Å². The highest BCUT2D eigenvalue weighted by Gasteiger charge is 2.26. The van der Waals surface area contributed by atoms with Crippen molar-refractivity contribution >= 4 is 5.91 Å². The van der Waals surface area contributed by atoms with Crippen LogP contribution >= 0.6 is 0 Å². The van der Waals surface area contributed by atoms with E-state index in [0.717, 1.165) is 25.8 Å². The van der Waals surface area contributed by atoms with Crippen LogP contribution < -0.4 is 0 Å². The third-order valence-corrected chi connectivity index (χ3v) is 4.67. The minimum Gasteiger partial charge on any atom is -0.340 e. The van der Waals surface area contributed by atoms with Gasteiger partial charge in [0.05, 0.1) is 0 Å². The van der Waals surface area contributed by atoms with Crippen LogP contribution in [0.4, 0.5) is 0 Å². The average Bonchev–Trinajstić information content (AvgIpc) is 2.96. The summed E-state index contributed by atoms with van der Waals surface area (Å²) in [5, 5.41) is 0. The molecule has 1 unspecified atom stereocenters. The van der Waals surface area contributed by atoms with Crippen LogP contribution in [-0.4, -0.2) is 47.9 Å². The van der Waals surface area contributed by atoms with Crippen molar-refractivity contribution in [2.75, 3.05) is 26.2 Å². The Kier molecular flexibility index (Phi) is 6.15. The molecule has 0 aliphatic carbocycles. The van der Waals surface area contributed by atoms with E-state index in [2.05, 4.69) is 16.7 Å². The number of unbranched alkanes of at least 4 members (excludes halogenated alkanes) is 1. The summed E-state index contributed by atoms with van der Waals surface area (Å²) in [4.78, 5) is 17.1. The van der Waals surface area contributed by atoms with E-state index in [1.807, 2.05) is 0 Å². The third-order valence-electron chi connectivity index (χ3n) is 4.67. The van der Waals surface area contributed by atoms with Gasteiger partial charge >= 0.3 is 0 Å². The summed E-state index contributed by atoms with van der Waals surface area (Å²) in [6, 6.07) is 0.527. The first-order chi connectivity index (χ1) is 9.31. The zero-order valence-corrected chi connectivity index (χ0v) is 12.6. The third kappa shape index (κ3) is 4.48. The number of nitrogens with zero attached hydrogens (tertiary/aromatic N) is 2. The number of hydrogen-bond donors (Lipinski definition) is 0. The van der Waals surface area contributed by atoms with Crippen LogP contribution in [0.3, 0.4) is 0 Å². The summed E-state index contributed by atoms with van der Waals surface area (Å²) in [6.07, 6.45) is 10.6. The maximum Gasteiger partial charge on any atom is 0.222 e. The molecule has 0 spiro atoms. The minimum atomic E-state index is 0.410. The van der Waals surface area contributed by atoms with Crippen molar-refractivity contribution in [3.63, 3.8) is 0 Å². The molecule has 1 atom stereocenters. The highest BCUT2D eigenvalue weighted by Crippen LogP contribution is 2.22. The molecule has 2 fully saturated rings. The van der Waals surface area contributed by atoms with Crippen molar-refractivity contribution in [3.8, 4) is 0 Å². The number of piperidine rings is 1. The normalized spacial score (nSPS) is 24.9. The lowest BCUT2D eigenvalue weighted by Gasteiger charge is -2.36. The number of rotatable bonds is 6. The molecule has 0 saturated carbocycles. The Morgan fingerprint density at radius 2 is 1.84 bits per heavy atom. The van der Waals surface area contributed by atoms with Crippen molar-refractivity contribution < 1.29 is 4.79 Å². The van der Waals surface area contributed by atoms with Gasteiger partial charge < -0.3 is 9.80 Å². The van der Waals surface area contributed by atoms with Gasteiger partial charge in [0.15, 0.2) is 0 Å². The molecule has 0 aromatic carbocycles. The van der Waals surface area contributed by atoms with E-state index < -0.39 is 0 Å². The van der Waals surface area contributed by atoms with Gasteiger partial charge in [-0.3, -0.25) is 4.79 Å². The van der Waals surface area contributed by atoms with E-state index in [9.17, 15) is 4.79 Å². The SMILES string of the molecule is CCCCC(=O)N1CCCCC1CCN1CCCC1. The Morgan fingerprint density at radius 3 is 2.58 bits per heavy atom. The van der Waals surface area contributed by atoms with Gasteiger partial charge in [0.1, 0.15) is 0 Å². The van der Waals surface area contributed by atoms with Crippen molar-refractivity contribution in [2.24, 2.45) is 0 Å². The second kappa shape index (κ2) is 7.88. The Morgan fingerprint density at radius 1 is 1.11 bits per heavy atom. The average molecular weight is 266 g/mol. The van der Waals surface area contributed by atoms with E-state index in [4.69, 9.17) is 0 Å². The molecule has 2 saturated heterocycles. The highest BCUT2D eigenvalue weighted by atomic mass is 16.2. The molecule has 2 aliphatic rings. The number of carbonyl (C=O) groups is 1. The maximum atomic E-state index is 12.3. The fraction of sp³-hybridized carbons (Fsp3) is 0.938. The summed E-state index contributed by atoms with van der Waals surface area (Å²) in [6.45, 7) is 6.91. The van der Waals surface area contributed by atoms with Crippen LogP contribution in [0.5, 0.6) is 0 Å². The summed E-state index contributed by atoms with van der Waals surface area (Å²) < 4.78 is 0. The van der Waals surface area contributed by atoms with E-state index in [1.165, 1.54) is 58.2 Å². The first kappa shape index (κ1) is 14.8. The molecule has 0 aromatic heterocycles. The standard InChI is InChI=1S/C16H30N2O/c1-2-3-9-16(19)18-13-5-4-8-15(18)10-14-17-11-6-7-12-17/h15H,2-14H2,1H3. The lowest BCUT2D eigenvalue weighted by Crippen LogP contribution is -2.45. The zero-order chi connectivity index (χ0) is 13.5. The molecule has 1 amide bonds. The van der Waals surface area contributed by atoms with Crippen LogP contribution in [0.1, 0.15) is 64.7 Å². The summed E-state index contributed by atoms with van der Waals surface area (Å²) >= 11 is 0. The van der Waals surface area contributed by atoms with Crippen LogP contribution in [0.25, 0.3) is 0 Å². The van der Waals surface area contributed by atoms with Crippen LogP contribution in [0.15, 0.2) is 0 Å². The molecule has 19 heavy (non-hydrogen) atoms. The first-order valence-corrected chi connectivity index (χ1v) is 8.33. The van der Waals surface area contributed by atoms with Crippen LogP contribution in [0, 0.1) is 0 Å². The molecule has 110 valence electrons. The molecule has 3 heteroatoms. The first-order valence-electron chi connectivity index (χ1n) is 8.33. The van der Waals surface area contributed by atoms with Crippen molar-refractivity contribution in [1.29, 1.82) is 0 Å². The fourth-order valence-electron chi connectivity index (χ4n) is 3.44. The zero-order valence-electron chi connectivity index (χ0n) is 12.6. The minimum absolute atomic E-state index is 0.410. The maximum absolute atomic E-state index is 12.3. The number of amides is 1. The lowest BCUT2D eigenvalue weighted by atomic mass is 9.98. The molecule has 2 aliphatic heterocycles. The van der Waals surface area contributed by atoms with Crippen molar-refractivity contribution in [2.45, 2.75) is 70.8 Å². The predicted molar refractivity (Wildman–Crippen MR) is 79.2 cm³/mol. The van der Waals surface area contributed by atoms with E-state index in [0.29, 0.717) is 11.9 Å². The van der Waals surface area contributed by atoms with Crippen molar-refractivity contribution in [3.05, 3.63) is 0 Å². The van der Waals surface area contributed by atoms with Gasteiger partial charge in [-0.2, -0.15) is 0 Å². The monoisotopic (exact) mass is 266 g/mol. The second-order valence-corrected chi connectivity index (χ2v) is 6.18. The number of likely N-dealkylation sites (tertiary alicyclic amines) is 2. The van der Waals surface area contributed by atoms with Gasteiger partial charge in [0.2, 0.25) is 5.91 Å². The number of carbonyl (C=O) groups excluding carboxylic acids is 1. The molecule has 0 aromatic rings. The highest BCUT2D eigenvalue weighted by molar-refractivity contribution is 5.76. The summed E-state index contributed by atoms with van der Waals surface area (Å²) in [7, 11) is 0.